The molecule has 0 atom stereocenters. The van der Waals surface area contributed by atoms with Crippen molar-refractivity contribution in [3.63, 3.8) is 0 Å². The molecule has 0 unspecified atom stereocenters. The van der Waals surface area contributed by atoms with Gasteiger partial charge in [-0.1, -0.05) is 12.1 Å². The molecule has 0 spiro atoms. The van der Waals surface area contributed by atoms with Crippen molar-refractivity contribution in [1.29, 1.82) is 0 Å². The van der Waals surface area contributed by atoms with Crippen molar-refractivity contribution in [3.05, 3.63) is 65.5 Å². The van der Waals surface area contributed by atoms with Gasteiger partial charge >= 0.3 is 5.97 Å². The number of benzene rings is 2. The minimum Gasteiger partial charge on any atom is -0.484 e. The molecule has 0 aliphatic heterocycles. The highest BCUT2D eigenvalue weighted by Crippen LogP contribution is 2.14. The van der Waals surface area contributed by atoms with Crippen molar-refractivity contribution in [1.82, 2.24) is 0 Å². The number of carbonyl (C=O) groups is 2. The van der Waals surface area contributed by atoms with Crippen molar-refractivity contribution in [2.24, 2.45) is 5.73 Å². The average molecular weight is 303 g/mol. The fourth-order valence-electron chi connectivity index (χ4n) is 1.70. The van der Waals surface area contributed by atoms with Crippen LogP contribution in [0, 0.1) is 5.82 Å². The van der Waals surface area contributed by atoms with E-state index in [1.54, 1.807) is 12.1 Å². The summed E-state index contributed by atoms with van der Waals surface area (Å²) in [6, 6.07) is 11.9. The fourth-order valence-corrected chi connectivity index (χ4v) is 1.70. The van der Waals surface area contributed by atoms with E-state index in [9.17, 15) is 14.0 Å². The van der Waals surface area contributed by atoms with Crippen LogP contribution in [-0.4, -0.2) is 18.5 Å². The first kappa shape index (κ1) is 15.5. The first-order valence-electron chi connectivity index (χ1n) is 6.47. The molecule has 0 bridgehead atoms. The number of amides is 1. The Labute approximate surface area is 126 Å². The summed E-state index contributed by atoms with van der Waals surface area (Å²) in [7, 11) is 0. The molecule has 2 aromatic carbocycles. The van der Waals surface area contributed by atoms with Gasteiger partial charge in [0.25, 0.3) is 5.91 Å². The van der Waals surface area contributed by atoms with E-state index in [1.165, 1.54) is 36.4 Å². The molecule has 2 N–H and O–H groups in total. The van der Waals surface area contributed by atoms with E-state index < -0.39 is 11.9 Å². The smallest absolute Gasteiger partial charge is 0.338 e. The molecule has 0 saturated heterocycles. The second kappa shape index (κ2) is 7.21. The lowest BCUT2D eigenvalue weighted by atomic mass is 10.2. The zero-order valence-electron chi connectivity index (χ0n) is 11.6. The summed E-state index contributed by atoms with van der Waals surface area (Å²) in [5.41, 5.74) is 5.85. The first-order valence-corrected chi connectivity index (χ1v) is 6.47. The van der Waals surface area contributed by atoms with Crippen LogP contribution in [-0.2, 0) is 16.1 Å². The predicted molar refractivity (Wildman–Crippen MR) is 76.7 cm³/mol. The quantitative estimate of drug-likeness (QED) is 0.828. The summed E-state index contributed by atoms with van der Waals surface area (Å²) in [6.45, 7) is -0.250. The normalized spacial score (nSPS) is 10.0. The lowest BCUT2D eigenvalue weighted by Crippen LogP contribution is -2.20. The molecule has 22 heavy (non-hydrogen) atoms. The Bertz CT molecular complexity index is 670. The van der Waals surface area contributed by atoms with Crippen molar-refractivity contribution >= 4 is 11.9 Å². The molecule has 0 aromatic heterocycles. The van der Waals surface area contributed by atoms with Crippen LogP contribution in [0.4, 0.5) is 4.39 Å². The minimum atomic E-state index is -0.585. The predicted octanol–water partition coefficient (Wildman–Crippen LogP) is 2.05. The summed E-state index contributed by atoms with van der Waals surface area (Å²) in [5.74, 6) is -1.09. The van der Waals surface area contributed by atoms with Crippen molar-refractivity contribution in [2.75, 3.05) is 6.61 Å². The molecule has 0 aliphatic carbocycles. The Hall–Kier alpha value is -2.89. The monoisotopic (exact) mass is 303 g/mol. The molecule has 5 nitrogen and oxygen atoms in total. The summed E-state index contributed by atoms with van der Waals surface area (Å²) in [4.78, 5) is 22.4. The number of hydrogen-bond donors (Lipinski definition) is 1. The largest absolute Gasteiger partial charge is 0.484 e. The highest BCUT2D eigenvalue weighted by atomic mass is 19.1. The van der Waals surface area contributed by atoms with Crippen LogP contribution in [0.2, 0.25) is 0 Å². The molecule has 2 rings (SSSR count). The van der Waals surface area contributed by atoms with Crippen LogP contribution in [0.15, 0.2) is 48.5 Å². The molecular formula is C16H14FNO4. The molecule has 114 valence electrons. The number of primary amides is 1. The average Bonchev–Trinajstić information content (AvgIpc) is 2.51. The highest BCUT2D eigenvalue weighted by Gasteiger charge is 2.08. The van der Waals surface area contributed by atoms with E-state index in [0.29, 0.717) is 16.9 Å². The van der Waals surface area contributed by atoms with Crippen LogP contribution in [0.3, 0.4) is 0 Å². The molecule has 2 aromatic rings. The number of rotatable bonds is 6. The third kappa shape index (κ3) is 4.59. The third-order valence-corrected chi connectivity index (χ3v) is 2.73. The third-order valence-electron chi connectivity index (χ3n) is 2.73. The van der Waals surface area contributed by atoms with Gasteiger partial charge in [0.2, 0.25) is 0 Å². The summed E-state index contributed by atoms with van der Waals surface area (Å²) >= 11 is 0. The maximum atomic E-state index is 13.0. The zero-order chi connectivity index (χ0) is 15.9. The minimum absolute atomic E-state index is 0.0173. The molecule has 0 aliphatic rings. The van der Waals surface area contributed by atoms with E-state index in [4.69, 9.17) is 15.2 Å². The van der Waals surface area contributed by atoms with Crippen molar-refractivity contribution < 1.29 is 23.5 Å². The first-order chi connectivity index (χ1) is 10.5. The van der Waals surface area contributed by atoms with E-state index in [-0.39, 0.29) is 19.0 Å². The summed E-state index contributed by atoms with van der Waals surface area (Å²) in [5, 5.41) is 0. The molecule has 1 amide bonds. The molecule has 0 fully saturated rings. The van der Waals surface area contributed by atoms with Crippen LogP contribution in [0.5, 0.6) is 5.75 Å². The lowest BCUT2D eigenvalue weighted by molar-refractivity contribution is -0.119. The van der Waals surface area contributed by atoms with Crippen LogP contribution in [0.25, 0.3) is 0 Å². The maximum Gasteiger partial charge on any atom is 0.338 e. The van der Waals surface area contributed by atoms with Crippen LogP contribution < -0.4 is 10.5 Å². The number of carbonyl (C=O) groups excluding carboxylic acids is 2. The highest BCUT2D eigenvalue weighted by molar-refractivity contribution is 5.89. The Balaban J connectivity index is 1.91. The number of hydrogen-bond acceptors (Lipinski definition) is 4. The molecular weight excluding hydrogens is 289 g/mol. The Kier molecular flexibility index (Phi) is 5.08. The summed E-state index contributed by atoms with van der Waals surface area (Å²) in [6.07, 6.45) is 0. The van der Waals surface area contributed by atoms with Gasteiger partial charge in [0, 0.05) is 0 Å². The van der Waals surface area contributed by atoms with Crippen LogP contribution in [0.1, 0.15) is 15.9 Å². The van der Waals surface area contributed by atoms with Gasteiger partial charge < -0.3 is 15.2 Å². The van der Waals surface area contributed by atoms with Crippen molar-refractivity contribution in [2.45, 2.75) is 6.61 Å². The number of nitrogens with two attached hydrogens (primary N) is 1. The van der Waals surface area contributed by atoms with Gasteiger partial charge in [0.05, 0.1) is 5.56 Å². The van der Waals surface area contributed by atoms with Crippen molar-refractivity contribution in [3.8, 4) is 5.75 Å². The van der Waals surface area contributed by atoms with Gasteiger partial charge in [0.15, 0.2) is 6.61 Å². The fraction of sp³-hybridized carbons (Fsp3) is 0.125. The number of esters is 1. The second-order valence-corrected chi connectivity index (χ2v) is 4.49. The van der Waals surface area contributed by atoms with E-state index in [1.807, 2.05) is 0 Å². The topological polar surface area (TPSA) is 78.6 Å². The molecule has 6 heteroatoms. The standard InChI is InChI=1S/C16H14FNO4/c17-13-3-1-2-11(8-13)9-22-16(20)12-4-6-14(7-5-12)21-10-15(18)19/h1-8H,9-10H2,(H2,18,19). The zero-order valence-corrected chi connectivity index (χ0v) is 11.6. The molecule has 0 radical (unpaired) electrons. The van der Waals surface area contributed by atoms with Gasteiger partial charge in [-0.05, 0) is 42.0 Å². The SMILES string of the molecule is NC(=O)COc1ccc(C(=O)OCc2cccc(F)c2)cc1. The van der Waals surface area contributed by atoms with Gasteiger partial charge in [-0.2, -0.15) is 0 Å². The number of halogens is 1. The van der Waals surface area contributed by atoms with E-state index >= 15 is 0 Å². The van der Waals surface area contributed by atoms with Gasteiger partial charge in [-0.25, -0.2) is 9.18 Å². The van der Waals surface area contributed by atoms with Gasteiger partial charge in [-0.15, -0.1) is 0 Å². The summed E-state index contributed by atoms with van der Waals surface area (Å²) < 4.78 is 23.2. The molecule has 0 heterocycles. The van der Waals surface area contributed by atoms with Gasteiger partial charge in [0.1, 0.15) is 18.2 Å². The lowest BCUT2D eigenvalue weighted by Gasteiger charge is -2.07. The van der Waals surface area contributed by atoms with E-state index in [2.05, 4.69) is 0 Å². The Morgan fingerprint density at radius 1 is 1.09 bits per heavy atom. The Morgan fingerprint density at radius 2 is 1.82 bits per heavy atom. The van der Waals surface area contributed by atoms with Gasteiger partial charge in [-0.3, -0.25) is 4.79 Å². The number of ether oxygens (including phenoxy) is 2. The van der Waals surface area contributed by atoms with E-state index in [0.717, 1.165) is 0 Å². The second-order valence-electron chi connectivity index (χ2n) is 4.49. The Morgan fingerprint density at radius 3 is 2.45 bits per heavy atom. The maximum absolute atomic E-state index is 13.0. The van der Waals surface area contributed by atoms with Crippen LogP contribution >= 0.6 is 0 Å². The molecule has 0 saturated carbocycles.